The van der Waals surface area contributed by atoms with Gasteiger partial charge in [-0.15, -0.1) is 0 Å². The number of rotatable bonds is 6. The van der Waals surface area contributed by atoms with Crippen molar-refractivity contribution in [2.75, 3.05) is 33.3 Å². The smallest absolute Gasteiger partial charge is 0.396 e. The summed E-state index contributed by atoms with van der Waals surface area (Å²) in [4.78, 5) is 14.4. The van der Waals surface area contributed by atoms with Crippen molar-refractivity contribution in [3.63, 3.8) is 0 Å². The first-order valence-corrected chi connectivity index (χ1v) is 6.49. The molecule has 1 aliphatic rings. The van der Waals surface area contributed by atoms with Crippen LogP contribution in [0.1, 0.15) is 25.7 Å². The summed E-state index contributed by atoms with van der Waals surface area (Å²) in [5, 5.41) is 8.79. The maximum Gasteiger partial charge on any atom is 0.406 e. The summed E-state index contributed by atoms with van der Waals surface area (Å²) < 4.78 is 36.6. The predicted octanol–water partition coefficient (Wildman–Crippen LogP) is 1.24. The van der Waals surface area contributed by atoms with E-state index in [0.29, 0.717) is 6.42 Å². The van der Waals surface area contributed by atoms with E-state index >= 15 is 0 Å². The Morgan fingerprint density at radius 2 is 2.16 bits per heavy atom. The molecule has 1 fully saturated rings. The fourth-order valence-electron chi connectivity index (χ4n) is 2.41. The first-order chi connectivity index (χ1) is 8.83. The van der Waals surface area contributed by atoms with Crippen LogP contribution in [0.2, 0.25) is 0 Å². The quantitative estimate of drug-likeness (QED) is 0.797. The Balaban J connectivity index is 2.42. The van der Waals surface area contributed by atoms with Crippen LogP contribution in [-0.4, -0.2) is 66.3 Å². The standard InChI is InChI=1S/C12H21F3N2O2/c1-16(9-12(13,14)15)11(19)8-17-6-2-4-10(17)5-3-7-18/h10,18H,2-9H2,1H3. The zero-order valence-corrected chi connectivity index (χ0v) is 11.1. The number of amides is 1. The SMILES string of the molecule is CN(CC(F)(F)F)C(=O)CN1CCCC1CCCO. The molecule has 0 aromatic rings. The zero-order chi connectivity index (χ0) is 14.5. The molecule has 7 heteroatoms. The molecule has 1 amide bonds. The summed E-state index contributed by atoms with van der Waals surface area (Å²) in [5.74, 6) is -0.506. The fourth-order valence-corrected chi connectivity index (χ4v) is 2.41. The van der Waals surface area contributed by atoms with Gasteiger partial charge in [-0.25, -0.2) is 0 Å². The van der Waals surface area contributed by atoms with Crippen molar-refractivity contribution in [2.45, 2.75) is 37.9 Å². The molecule has 1 unspecified atom stereocenters. The van der Waals surface area contributed by atoms with E-state index in [2.05, 4.69) is 0 Å². The van der Waals surface area contributed by atoms with Gasteiger partial charge < -0.3 is 10.0 Å². The van der Waals surface area contributed by atoms with Crippen molar-refractivity contribution in [3.8, 4) is 0 Å². The van der Waals surface area contributed by atoms with Crippen LogP contribution in [0.25, 0.3) is 0 Å². The summed E-state index contributed by atoms with van der Waals surface area (Å²) >= 11 is 0. The van der Waals surface area contributed by atoms with Gasteiger partial charge in [-0.2, -0.15) is 13.2 Å². The van der Waals surface area contributed by atoms with Crippen LogP contribution in [-0.2, 0) is 4.79 Å². The molecule has 0 saturated carbocycles. The fraction of sp³-hybridized carbons (Fsp3) is 0.917. The normalized spacial score (nSPS) is 20.8. The van der Waals surface area contributed by atoms with E-state index in [0.717, 1.165) is 30.7 Å². The summed E-state index contributed by atoms with van der Waals surface area (Å²) in [7, 11) is 1.18. The second kappa shape index (κ2) is 7.09. The predicted molar refractivity (Wildman–Crippen MR) is 64.6 cm³/mol. The van der Waals surface area contributed by atoms with E-state index in [1.165, 1.54) is 7.05 Å². The van der Waals surface area contributed by atoms with Crippen molar-refractivity contribution in [2.24, 2.45) is 0 Å². The van der Waals surface area contributed by atoms with Gasteiger partial charge in [-0.05, 0) is 32.2 Å². The summed E-state index contributed by atoms with van der Waals surface area (Å²) in [6.07, 6.45) is -1.02. The number of likely N-dealkylation sites (tertiary alicyclic amines) is 1. The Labute approximate surface area is 111 Å². The first-order valence-electron chi connectivity index (χ1n) is 6.49. The molecule has 0 aromatic heterocycles. The van der Waals surface area contributed by atoms with E-state index in [9.17, 15) is 18.0 Å². The molecule has 1 N–H and O–H groups in total. The van der Waals surface area contributed by atoms with Crippen LogP contribution < -0.4 is 0 Å². The van der Waals surface area contributed by atoms with Crippen LogP contribution in [0.5, 0.6) is 0 Å². The maximum atomic E-state index is 12.2. The van der Waals surface area contributed by atoms with Crippen LogP contribution in [0.4, 0.5) is 13.2 Å². The van der Waals surface area contributed by atoms with Gasteiger partial charge in [0.15, 0.2) is 0 Å². The minimum absolute atomic E-state index is 0.0304. The monoisotopic (exact) mass is 282 g/mol. The Kier molecular flexibility index (Phi) is 6.06. The highest BCUT2D eigenvalue weighted by molar-refractivity contribution is 5.78. The largest absolute Gasteiger partial charge is 0.406 e. The van der Waals surface area contributed by atoms with E-state index in [4.69, 9.17) is 5.11 Å². The van der Waals surface area contributed by atoms with Crippen LogP contribution in [0, 0.1) is 0 Å². The van der Waals surface area contributed by atoms with Crippen molar-refractivity contribution >= 4 is 5.91 Å². The lowest BCUT2D eigenvalue weighted by atomic mass is 10.1. The topological polar surface area (TPSA) is 43.8 Å². The number of aliphatic hydroxyl groups excluding tert-OH is 1. The van der Waals surface area contributed by atoms with Crippen molar-refractivity contribution < 1.29 is 23.1 Å². The first kappa shape index (κ1) is 16.2. The molecule has 1 saturated heterocycles. The lowest BCUT2D eigenvalue weighted by molar-refractivity contribution is -0.159. The Morgan fingerprint density at radius 3 is 2.74 bits per heavy atom. The number of likely N-dealkylation sites (N-methyl/N-ethyl adjacent to an activating group) is 1. The molecule has 112 valence electrons. The van der Waals surface area contributed by atoms with Crippen LogP contribution in [0.3, 0.4) is 0 Å². The Morgan fingerprint density at radius 1 is 1.47 bits per heavy atom. The third-order valence-corrected chi connectivity index (χ3v) is 3.38. The molecule has 0 radical (unpaired) electrons. The summed E-state index contributed by atoms with van der Waals surface area (Å²) in [6, 6.07) is 0.204. The van der Waals surface area contributed by atoms with E-state index < -0.39 is 18.6 Å². The summed E-state index contributed by atoms with van der Waals surface area (Å²) in [5.41, 5.74) is 0. The molecule has 19 heavy (non-hydrogen) atoms. The molecule has 1 rings (SSSR count). The second-order valence-electron chi connectivity index (χ2n) is 5.00. The van der Waals surface area contributed by atoms with Gasteiger partial charge in [0.25, 0.3) is 0 Å². The van der Waals surface area contributed by atoms with E-state index in [1.54, 1.807) is 0 Å². The third kappa shape index (κ3) is 5.78. The molecule has 0 aromatic carbocycles. The van der Waals surface area contributed by atoms with Crippen molar-refractivity contribution in [3.05, 3.63) is 0 Å². The highest BCUT2D eigenvalue weighted by atomic mass is 19.4. The molecule has 0 aliphatic carbocycles. The Bertz CT molecular complexity index is 297. The number of hydrogen-bond donors (Lipinski definition) is 1. The molecule has 0 bridgehead atoms. The zero-order valence-electron chi connectivity index (χ0n) is 11.1. The molecule has 4 nitrogen and oxygen atoms in total. The van der Waals surface area contributed by atoms with E-state index in [-0.39, 0.29) is 19.2 Å². The van der Waals surface area contributed by atoms with Gasteiger partial charge in [-0.1, -0.05) is 0 Å². The van der Waals surface area contributed by atoms with Gasteiger partial charge in [0.05, 0.1) is 6.54 Å². The third-order valence-electron chi connectivity index (χ3n) is 3.38. The molecular formula is C12H21F3N2O2. The van der Waals surface area contributed by atoms with Crippen molar-refractivity contribution in [1.82, 2.24) is 9.80 Å². The number of carbonyl (C=O) groups is 1. The van der Waals surface area contributed by atoms with Gasteiger partial charge in [0, 0.05) is 19.7 Å². The lowest BCUT2D eigenvalue weighted by Gasteiger charge is -2.26. The molecular weight excluding hydrogens is 261 g/mol. The molecule has 0 spiro atoms. The van der Waals surface area contributed by atoms with Crippen LogP contribution in [0.15, 0.2) is 0 Å². The highest BCUT2D eigenvalue weighted by Crippen LogP contribution is 2.21. The number of alkyl halides is 3. The second-order valence-corrected chi connectivity index (χ2v) is 5.00. The number of aliphatic hydroxyl groups is 1. The van der Waals surface area contributed by atoms with E-state index in [1.807, 2.05) is 4.90 Å². The average molecular weight is 282 g/mol. The lowest BCUT2D eigenvalue weighted by Crippen LogP contribution is -2.43. The van der Waals surface area contributed by atoms with Gasteiger partial charge in [0.1, 0.15) is 6.54 Å². The molecule has 1 heterocycles. The number of nitrogens with zero attached hydrogens (tertiary/aromatic N) is 2. The molecule has 1 atom stereocenters. The number of hydrogen-bond acceptors (Lipinski definition) is 3. The van der Waals surface area contributed by atoms with Gasteiger partial charge >= 0.3 is 6.18 Å². The Hall–Kier alpha value is -0.820. The van der Waals surface area contributed by atoms with Gasteiger partial charge in [0.2, 0.25) is 5.91 Å². The average Bonchev–Trinajstić information content (AvgIpc) is 2.71. The maximum absolute atomic E-state index is 12.2. The van der Waals surface area contributed by atoms with Gasteiger partial charge in [-0.3, -0.25) is 9.69 Å². The minimum Gasteiger partial charge on any atom is -0.396 e. The number of halogens is 3. The van der Waals surface area contributed by atoms with Crippen molar-refractivity contribution in [1.29, 1.82) is 0 Å². The number of carbonyl (C=O) groups excluding carboxylic acids is 1. The highest BCUT2D eigenvalue weighted by Gasteiger charge is 2.33. The molecule has 1 aliphatic heterocycles. The minimum atomic E-state index is -4.36. The van der Waals surface area contributed by atoms with Crippen LogP contribution >= 0.6 is 0 Å². The summed E-state index contributed by atoms with van der Waals surface area (Å²) in [6.45, 7) is -0.336.